The van der Waals surface area contributed by atoms with Crippen LogP contribution in [0.15, 0.2) is 46.9 Å². The smallest absolute Gasteiger partial charge is 0.251 e. The first-order chi connectivity index (χ1) is 12.0. The van der Waals surface area contributed by atoms with E-state index in [1.54, 1.807) is 6.08 Å². The summed E-state index contributed by atoms with van der Waals surface area (Å²) in [7, 11) is 0. The van der Waals surface area contributed by atoms with Gasteiger partial charge in [-0.2, -0.15) is 0 Å². The van der Waals surface area contributed by atoms with E-state index in [4.69, 9.17) is 10.2 Å². The summed E-state index contributed by atoms with van der Waals surface area (Å²) in [5, 5.41) is 0. The van der Waals surface area contributed by atoms with E-state index in [0.717, 1.165) is 23.4 Å². The van der Waals surface area contributed by atoms with Crippen molar-refractivity contribution in [3.8, 4) is 0 Å². The Bertz CT molecular complexity index is 867. The lowest BCUT2D eigenvalue weighted by atomic mass is 10.1. The largest absolute Gasteiger partial charge is 0.461 e. The third-order valence-corrected chi connectivity index (χ3v) is 5.05. The molecule has 2 N–H and O–H groups in total. The third kappa shape index (κ3) is 2.86. The van der Waals surface area contributed by atoms with E-state index >= 15 is 0 Å². The van der Waals surface area contributed by atoms with E-state index in [-0.39, 0.29) is 5.91 Å². The van der Waals surface area contributed by atoms with Gasteiger partial charge in [-0.05, 0) is 42.2 Å². The highest BCUT2D eigenvalue weighted by molar-refractivity contribution is 6.09. The number of nitrogens with two attached hydrogens (primary N) is 1. The topological polar surface area (TPSA) is 76.5 Å². The SMILES string of the molecule is C[C@@H]1C[C@@H]1c1ccc(/C=C\C(=O)N2c3ccccc3C[C@H]2C(N)=O)o1. The van der Waals surface area contributed by atoms with E-state index in [9.17, 15) is 9.59 Å². The molecule has 25 heavy (non-hydrogen) atoms. The van der Waals surface area contributed by atoms with Crippen LogP contribution in [0.25, 0.3) is 6.08 Å². The second-order valence-corrected chi connectivity index (χ2v) is 6.85. The molecule has 0 spiro atoms. The van der Waals surface area contributed by atoms with Gasteiger partial charge in [-0.25, -0.2) is 0 Å². The maximum absolute atomic E-state index is 12.7. The molecule has 1 aromatic carbocycles. The first kappa shape index (κ1) is 15.7. The number of benzene rings is 1. The Hall–Kier alpha value is -2.82. The molecule has 2 heterocycles. The molecule has 1 aliphatic heterocycles. The number of para-hydroxylation sites is 1. The predicted molar refractivity (Wildman–Crippen MR) is 94.9 cm³/mol. The van der Waals surface area contributed by atoms with Crippen molar-refractivity contribution in [2.75, 3.05) is 4.90 Å². The lowest BCUT2D eigenvalue weighted by Crippen LogP contribution is -2.45. The van der Waals surface area contributed by atoms with Gasteiger partial charge < -0.3 is 10.2 Å². The van der Waals surface area contributed by atoms with Crippen molar-refractivity contribution in [1.29, 1.82) is 0 Å². The Balaban J connectivity index is 1.55. The van der Waals surface area contributed by atoms with E-state index < -0.39 is 11.9 Å². The van der Waals surface area contributed by atoms with Crippen LogP contribution in [0.4, 0.5) is 5.69 Å². The van der Waals surface area contributed by atoms with Gasteiger partial charge >= 0.3 is 0 Å². The number of primary amides is 1. The van der Waals surface area contributed by atoms with Crippen molar-refractivity contribution < 1.29 is 14.0 Å². The van der Waals surface area contributed by atoms with Crippen LogP contribution in [-0.2, 0) is 16.0 Å². The molecule has 2 aromatic rings. The van der Waals surface area contributed by atoms with Gasteiger partial charge in [0.25, 0.3) is 5.91 Å². The van der Waals surface area contributed by atoms with Crippen molar-refractivity contribution >= 4 is 23.6 Å². The number of carbonyl (C=O) groups is 2. The van der Waals surface area contributed by atoms with Gasteiger partial charge in [0, 0.05) is 24.1 Å². The first-order valence-electron chi connectivity index (χ1n) is 8.53. The zero-order chi connectivity index (χ0) is 17.6. The fraction of sp³-hybridized carbons (Fsp3) is 0.300. The normalized spacial score (nSPS) is 24.5. The number of hydrogen-bond donors (Lipinski definition) is 1. The summed E-state index contributed by atoms with van der Waals surface area (Å²) in [5.74, 6) is 2.02. The number of fused-ring (bicyclic) bond motifs is 1. The summed E-state index contributed by atoms with van der Waals surface area (Å²) in [6.07, 6.45) is 4.70. The number of anilines is 1. The number of rotatable bonds is 4. The highest BCUT2D eigenvalue weighted by atomic mass is 16.3. The molecular weight excluding hydrogens is 316 g/mol. The number of carbonyl (C=O) groups excluding carboxylic acids is 2. The Morgan fingerprint density at radius 2 is 2.00 bits per heavy atom. The summed E-state index contributed by atoms with van der Waals surface area (Å²) < 4.78 is 5.79. The highest BCUT2D eigenvalue weighted by Crippen LogP contribution is 2.47. The summed E-state index contributed by atoms with van der Waals surface area (Å²) in [6.45, 7) is 2.20. The summed E-state index contributed by atoms with van der Waals surface area (Å²) >= 11 is 0. The summed E-state index contributed by atoms with van der Waals surface area (Å²) in [6, 6.07) is 10.7. The number of hydrogen-bond acceptors (Lipinski definition) is 3. The number of amides is 2. The molecule has 1 fully saturated rings. The molecular formula is C20H20N2O3. The van der Waals surface area contributed by atoms with Crippen LogP contribution >= 0.6 is 0 Å². The van der Waals surface area contributed by atoms with Crippen LogP contribution in [0.5, 0.6) is 0 Å². The fourth-order valence-corrected chi connectivity index (χ4v) is 3.50. The van der Waals surface area contributed by atoms with Gasteiger partial charge in [-0.15, -0.1) is 0 Å². The molecule has 0 bridgehead atoms. The van der Waals surface area contributed by atoms with Gasteiger partial charge in [0.15, 0.2) is 0 Å². The average Bonchev–Trinajstić information content (AvgIpc) is 3.03. The maximum Gasteiger partial charge on any atom is 0.251 e. The van der Waals surface area contributed by atoms with Gasteiger partial charge in [0.2, 0.25) is 5.91 Å². The summed E-state index contributed by atoms with van der Waals surface area (Å²) in [4.78, 5) is 25.9. The Labute approximate surface area is 146 Å². The molecule has 3 atom stereocenters. The zero-order valence-corrected chi connectivity index (χ0v) is 14.0. The fourth-order valence-electron chi connectivity index (χ4n) is 3.50. The first-order valence-corrected chi connectivity index (χ1v) is 8.53. The summed E-state index contributed by atoms with van der Waals surface area (Å²) in [5.41, 5.74) is 7.19. The van der Waals surface area contributed by atoms with Crippen molar-refractivity contribution in [1.82, 2.24) is 0 Å². The molecule has 0 unspecified atom stereocenters. The van der Waals surface area contributed by atoms with Crippen LogP contribution < -0.4 is 10.6 Å². The molecule has 5 heteroatoms. The van der Waals surface area contributed by atoms with Crippen LogP contribution in [0.1, 0.15) is 36.3 Å². The molecule has 128 valence electrons. The standard InChI is InChI=1S/C20H20N2O3/c1-12-10-15(12)18-8-6-14(25-18)7-9-19(23)22-16-5-3-2-4-13(16)11-17(22)20(21)24/h2-9,12,15,17H,10-11H2,1H3,(H2,21,24)/b9-7-/t12-,15+,17+/m1/s1. The quantitative estimate of drug-likeness (QED) is 0.872. The van der Waals surface area contributed by atoms with Crippen molar-refractivity contribution in [2.45, 2.75) is 31.7 Å². The van der Waals surface area contributed by atoms with Crippen LogP contribution in [0.3, 0.4) is 0 Å². The van der Waals surface area contributed by atoms with E-state index in [1.165, 1.54) is 11.0 Å². The molecule has 4 rings (SSSR count). The predicted octanol–water partition coefficient (Wildman–Crippen LogP) is 2.86. The lowest BCUT2D eigenvalue weighted by molar-refractivity contribution is -0.122. The monoisotopic (exact) mass is 336 g/mol. The lowest BCUT2D eigenvalue weighted by Gasteiger charge is -2.21. The van der Waals surface area contributed by atoms with Gasteiger partial charge in [0.05, 0.1) is 0 Å². The Morgan fingerprint density at radius 3 is 2.72 bits per heavy atom. The average molecular weight is 336 g/mol. The van der Waals surface area contributed by atoms with Crippen molar-refractivity contribution in [3.05, 3.63) is 59.6 Å². The van der Waals surface area contributed by atoms with Gasteiger partial charge in [0.1, 0.15) is 17.6 Å². The molecule has 1 aliphatic carbocycles. The minimum absolute atomic E-state index is 0.272. The van der Waals surface area contributed by atoms with Crippen LogP contribution in [0.2, 0.25) is 0 Å². The highest BCUT2D eigenvalue weighted by Gasteiger charge is 2.37. The van der Waals surface area contributed by atoms with E-state index in [1.807, 2.05) is 36.4 Å². The Morgan fingerprint density at radius 1 is 1.24 bits per heavy atom. The molecule has 2 aliphatic rings. The molecule has 1 saturated carbocycles. The molecule has 2 amide bonds. The second-order valence-electron chi connectivity index (χ2n) is 6.85. The molecule has 0 radical (unpaired) electrons. The van der Waals surface area contributed by atoms with Crippen LogP contribution in [0, 0.1) is 5.92 Å². The van der Waals surface area contributed by atoms with Gasteiger partial charge in [-0.1, -0.05) is 25.1 Å². The van der Waals surface area contributed by atoms with Gasteiger partial charge in [-0.3, -0.25) is 14.5 Å². The number of nitrogens with zero attached hydrogens (tertiary/aromatic N) is 1. The second kappa shape index (κ2) is 5.92. The zero-order valence-electron chi connectivity index (χ0n) is 14.0. The van der Waals surface area contributed by atoms with Crippen molar-refractivity contribution in [3.63, 3.8) is 0 Å². The van der Waals surface area contributed by atoms with E-state index in [2.05, 4.69) is 6.92 Å². The van der Waals surface area contributed by atoms with Crippen molar-refractivity contribution in [2.24, 2.45) is 11.7 Å². The minimum Gasteiger partial charge on any atom is -0.461 e. The van der Waals surface area contributed by atoms with Crippen LogP contribution in [-0.4, -0.2) is 17.9 Å². The number of furan rings is 1. The molecule has 1 aromatic heterocycles. The molecule has 0 saturated heterocycles. The maximum atomic E-state index is 12.7. The minimum atomic E-state index is -0.644. The Kier molecular flexibility index (Phi) is 3.71. The molecule has 5 nitrogen and oxygen atoms in total. The third-order valence-electron chi connectivity index (χ3n) is 5.05. The van der Waals surface area contributed by atoms with E-state index in [0.29, 0.717) is 24.0 Å².